The van der Waals surface area contributed by atoms with Crippen molar-refractivity contribution in [1.82, 2.24) is 23.9 Å². The molecule has 0 radical (unpaired) electrons. The Morgan fingerprint density at radius 3 is 1.48 bits per heavy atom. The van der Waals surface area contributed by atoms with Crippen molar-refractivity contribution in [3.05, 3.63) is 188 Å². The fourth-order valence-corrected chi connectivity index (χ4v) is 7.37. The second-order valence-electron chi connectivity index (χ2n) is 12.9. The Morgan fingerprint density at radius 1 is 0.327 bits per heavy atom. The largest absolute Gasteiger partial charge is 0.293 e. The number of para-hydroxylation sites is 4. The van der Waals surface area contributed by atoms with Crippen LogP contribution < -0.4 is 0 Å². The number of nitrogens with zero attached hydrogens (tertiary/aromatic N) is 5. The molecule has 3 heterocycles. The van der Waals surface area contributed by atoms with Crippen LogP contribution in [0.4, 0.5) is 0 Å². The summed E-state index contributed by atoms with van der Waals surface area (Å²) in [5.74, 6) is 1.90. The van der Waals surface area contributed by atoms with Gasteiger partial charge in [0.15, 0.2) is 17.5 Å². The Labute approximate surface area is 300 Å². The molecular formula is C47H31N5. The summed E-state index contributed by atoms with van der Waals surface area (Å²) in [6.45, 7) is 0. The van der Waals surface area contributed by atoms with Gasteiger partial charge >= 0.3 is 0 Å². The minimum absolute atomic E-state index is 0.626. The molecule has 10 rings (SSSR count). The molecule has 244 valence electrons. The van der Waals surface area contributed by atoms with E-state index >= 15 is 0 Å². The van der Waals surface area contributed by atoms with Crippen molar-refractivity contribution in [2.24, 2.45) is 0 Å². The number of benzene rings is 7. The maximum absolute atomic E-state index is 5.12. The van der Waals surface area contributed by atoms with Crippen LogP contribution >= 0.6 is 0 Å². The minimum Gasteiger partial charge on any atom is -0.293 e. The van der Waals surface area contributed by atoms with Crippen LogP contribution in [-0.2, 0) is 0 Å². The average molecular weight is 666 g/mol. The van der Waals surface area contributed by atoms with Crippen LogP contribution in [0.1, 0.15) is 0 Å². The van der Waals surface area contributed by atoms with Crippen molar-refractivity contribution in [1.29, 1.82) is 0 Å². The SMILES string of the molecule is c1ccc(-c2ccc(-c3nc(-c4ccccc4)nc(-c4cccc(-c5c6ccccc6n6c7ccccc7n(-c7ccccc7)c56)c4)n3)cc2)cc1. The van der Waals surface area contributed by atoms with E-state index in [4.69, 9.17) is 15.0 Å². The van der Waals surface area contributed by atoms with Gasteiger partial charge in [-0.05, 0) is 53.1 Å². The molecule has 0 amide bonds. The van der Waals surface area contributed by atoms with Gasteiger partial charge in [0.25, 0.3) is 0 Å². The highest BCUT2D eigenvalue weighted by atomic mass is 15.1. The number of rotatable bonds is 6. The van der Waals surface area contributed by atoms with Gasteiger partial charge in [-0.3, -0.25) is 8.97 Å². The van der Waals surface area contributed by atoms with Crippen molar-refractivity contribution >= 4 is 27.6 Å². The maximum atomic E-state index is 5.12. The van der Waals surface area contributed by atoms with Crippen LogP contribution in [0.25, 0.3) is 89.7 Å². The van der Waals surface area contributed by atoms with Gasteiger partial charge in [0.2, 0.25) is 0 Å². The van der Waals surface area contributed by atoms with E-state index in [9.17, 15) is 0 Å². The van der Waals surface area contributed by atoms with E-state index in [1.54, 1.807) is 0 Å². The normalized spacial score (nSPS) is 11.5. The van der Waals surface area contributed by atoms with Crippen LogP contribution in [0.5, 0.6) is 0 Å². The van der Waals surface area contributed by atoms with Gasteiger partial charge in [0, 0.05) is 33.3 Å². The molecule has 0 N–H and O–H groups in total. The van der Waals surface area contributed by atoms with E-state index < -0.39 is 0 Å². The number of imidazole rings is 1. The van der Waals surface area contributed by atoms with Crippen molar-refractivity contribution in [2.45, 2.75) is 0 Å². The number of fused-ring (bicyclic) bond motifs is 5. The summed E-state index contributed by atoms with van der Waals surface area (Å²) in [6.07, 6.45) is 0. The molecule has 7 aromatic carbocycles. The van der Waals surface area contributed by atoms with E-state index in [2.05, 4.69) is 161 Å². The number of hydrogen-bond acceptors (Lipinski definition) is 3. The second-order valence-corrected chi connectivity index (χ2v) is 12.9. The highest BCUT2D eigenvalue weighted by Crippen LogP contribution is 2.41. The lowest BCUT2D eigenvalue weighted by atomic mass is 10.0. The van der Waals surface area contributed by atoms with E-state index in [1.807, 2.05) is 36.4 Å². The molecule has 52 heavy (non-hydrogen) atoms. The molecule has 0 atom stereocenters. The fraction of sp³-hybridized carbons (Fsp3) is 0. The van der Waals surface area contributed by atoms with Crippen LogP contribution in [0.3, 0.4) is 0 Å². The Kier molecular flexibility index (Phi) is 7.07. The van der Waals surface area contributed by atoms with E-state index in [1.165, 1.54) is 10.9 Å². The molecule has 0 aliphatic heterocycles. The monoisotopic (exact) mass is 665 g/mol. The summed E-state index contributed by atoms with van der Waals surface area (Å²) in [7, 11) is 0. The van der Waals surface area contributed by atoms with Crippen molar-refractivity contribution in [3.8, 4) is 62.1 Å². The molecule has 0 aliphatic rings. The molecule has 10 aromatic rings. The Bertz CT molecular complexity index is 2870. The standard InChI is InChI=1S/C47H31N5/c1-4-15-32(16-5-1)33-27-29-35(30-28-33)45-48-44(34-17-6-2-7-18-34)49-46(50-45)37-20-14-19-36(31-37)43-39-23-10-11-24-40(39)52-42-26-13-12-25-41(42)51(47(43)52)38-21-8-3-9-22-38/h1-31H. The molecule has 0 saturated heterocycles. The van der Waals surface area contributed by atoms with Gasteiger partial charge in [-0.2, -0.15) is 0 Å². The van der Waals surface area contributed by atoms with E-state index in [0.717, 1.165) is 61.3 Å². The summed E-state index contributed by atoms with van der Waals surface area (Å²) in [5, 5.41) is 1.19. The summed E-state index contributed by atoms with van der Waals surface area (Å²) < 4.78 is 4.78. The van der Waals surface area contributed by atoms with Crippen molar-refractivity contribution in [3.63, 3.8) is 0 Å². The predicted octanol–water partition coefficient (Wildman–Crippen LogP) is 11.6. The Morgan fingerprint density at radius 2 is 0.788 bits per heavy atom. The molecule has 0 spiro atoms. The Balaban J connectivity index is 1.18. The van der Waals surface area contributed by atoms with Crippen LogP contribution in [0, 0.1) is 0 Å². The van der Waals surface area contributed by atoms with Gasteiger partial charge in [0.1, 0.15) is 5.65 Å². The zero-order valence-electron chi connectivity index (χ0n) is 28.1. The number of aromatic nitrogens is 5. The van der Waals surface area contributed by atoms with Gasteiger partial charge in [-0.15, -0.1) is 0 Å². The predicted molar refractivity (Wildman–Crippen MR) is 212 cm³/mol. The third-order valence-electron chi connectivity index (χ3n) is 9.77. The number of hydrogen-bond donors (Lipinski definition) is 0. The smallest absolute Gasteiger partial charge is 0.164 e. The highest BCUT2D eigenvalue weighted by Gasteiger charge is 2.23. The van der Waals surface area contributed by atoms with Gasteiger partial charge in [-0.25, -0.2) is 15.0 Å². The molecule has 5 heteroatoms. The van der Waals surface area contributed by atoms with E-state index in [0.29, 0.717) is 17.5 Å². The summed E-state index contributed by atoms with van der Waals surface area (Å²) in [5.41, 5.74) is 13.1. The average Bonchev–Trinajstić information content (AvgIpc) is 3.74. The van der Waals surface area contributed by atoms with Gasteiger partial charge in [-0.1, -0.05) is 152 Å². The lowest BCUT2D eigenvalue weighted by Gasteiger charge is -2.11. The molecule has 0 saturated carbocycles. The molecule has 5 nitrogen and oxygen atoms in total. The summed E-state index contributed by atoms with van der Waals surface area (Å²) >= 11 is 0. The fourth-order valence-electron chi connectivity index (χ4n) is 7.37. The van der Waals surface area contributed by atoms with Crippen LogP contribution in [-0.4, -0.2) is 23.9 Å². The van der Waals surface area contributed by atoms with Gasteiger partial charge < -0.3 is 0 Å². The molecular weight excluding hydrogens is 635 g/mol. The summed E-state index contributed by atoms with van der Waals surface area (Å²) in [6, 6.07) is 65.5. The Hall–Kier alpha value is -7.11. The quantitative estimate of drug-likeness (QED) is 0.178. The van der Waals surface area contributed by atoms with Crippen LogP contribution in [0.15, 0.2) is 188 Å². The second kappa shape index (κ2) is 12.3. The molecule has 0 unspecified atom stereocenters. The zero-order valence-corrected chi connectivity index (χ0v) is 28.1. The first-order chi connectivity index (χ1) is 25.8. The maximum Gasteiger partial charge on any atom is 0.164 e. The zero-order chi connectivity index (χ0) is 34.4. The minimum atomic E-state index is 0.626. The third-order valence-corrected chi connectivity index (χ3v) is 9.77. The van der Waals surface area contributed by atoms with E-state index in [-0.39, 0.29) is 0 Å². The molecule has 0 fully saturated rings. The highest BCUT2D eigenvalue weighted by molar-refractivity contribution is 6.09. The van der Waals surface area contributed by atoms with Crippen LogP contribution in [0.2, 0.25) is 0 Å². The first-order valence-electron chi connectivity index (χ1n) is 17.5. The first kappa shape index (κ1) is 29.8. The van der Waals surface area contributed by atoms with Gasteiger partial charge in [0.05, 0.1) is 16.6 Å². The molecule has 0 aliphatic carbocycles. The van der Waals surface area contributed by atoms with Crippen molar-refractivity contribution < 1.29 is 0 Å². The van der Waals surface area contributed by atoms with Crippen molar-refractivity contribution in [2.75, 3.05) is 0 Å². The molecule has 0 bridgehead atoms. The first-order valence-corrected chi connectivity index (χ1v) is 17.5. The lowest BCUT2D eigenvalue weighted by molar-refractivity contribution is 1.07. The molecule has 3 aromatic heterocycles. The summed E-state index contributed by atoms with van der Waals surface area (Å²) in [4.78, 5) is 15.2. The third kappa shape index (κ3) is 4.98. The topological polar surface area (TPSA) is 48.0 Å². The lowest BCUT2D eigenvalue weighted by Crippen LogP contribution is -2.00.